The number of benzene rings is 1. The number of hydrogen-bond acceptors (Lipinski definition) is 4. The summed E-state index contributed by atoms with van der Waals surface area (Å²) in [6, 6.07) is 6.25. The number of ether oxygens (including phenoxy) is 1. The number of anilines is 1. The Morgan fingerprint density at radius 3 is 2.68 bits per heavy atom. The van der Waals surface area contributed by atoms with E-state index in [2.05, 4.69) is 0 Å². The first-order valence-corrected chi connectivity index (χ1v) is 6.04. The molecule has 0 saturated carbocycles. The molecule has 102 valence electrons. The number of carbonyl (C=O) groups is 1. The van der Waals surface area contributed by atoms with Crippen molar-refractivity contribution in [3.8, 4) is 6.07 Å². The van der Waals surface area contributed by atoms with Gasteiger partial charge in [0.05, 0.1) is 18.1 Å². The lowest BCUT2D eigenvalue weighted by Crippen LogP contribution is -2.18. The minimum Gasteiger partial charge on any atom is -0.458 e. The molecule has 19 heavy (non-hydrogen) atoms. The number of esters is 1. The Morgan fingerprint density at radius 2 is 2.21 bits per heavy atom. The Morgan fingerprint density at radius 1 is 1.53 bits per heavy atom. The highest BCUT2D eigenvalue weighted by molar-refractivity contribution is 5.90. The Balaban J connectivity index is 2.86. The smallest absolute Gasteiger partial charge is 0.341 e. The van der Waals surface area contributed by atoms with E-state index in [-0.39, 0.29) is 12.0 Å². The fourth-order valence-corrected chi connectivity index (χ4v) is 1.53. The molecule has 0 aliphatic heterocycles. The molecule has 0 aliphatic rings. The summed E-state index contributed by atoms with van der Waals surface area (Å²) in [5.41, 5.74) is 0.556. The Labute approximate surface area is 112 Å². The van der Waals surface area contributed by atoms with E-state index in [0.717, 1.165) is 0 Å². The van der Waals surface area contributed by atoms with Gasteiger partial charge in [0, 0.05) is 19.8 Å². The maximum absolute atomic E-state index is 13.8. The molecule has 5 heteroatoms. The Bertz CT molecular complexity index is 495. The van der Waals surface area contributed by atoms with E-state index < -0.39 is 17.9 Å². The standard InChI is InChI=1S/C14H17FN2O2/c1-4-11(7-8-16)19-14(18)12-6-5-10(17(2)3)9-13(12)15/h5-6,9,11H,4,7H2,1-3H3. The first kappa shape index (κ1) is 15.0. The van der Waals surface area contributed by atoms with Crippen molar-refractivity contribution in [3.05, 3.63) is 29.6 Å². The summed E-state index contributed by atoms with van der Waals surface area (Å²) in [6.07, 6.45) is 0.140. The van der Waals surface area contributed by atoms with Gasteiger partial charge in [0.25, 0.3) is 0 Å². The molecule has 0 saturated heterocycles. The van der Waals surface area contributed by atoms with E-state index >= 15 is 0 Å². The maximum Gasteiger partial charge on any atom is 0.341 e. The normalized spacial score (nSPS) is 11.5. The molecule has 0 radical (unpaired) electrons. The zero-order valence-electron chi connectivity index (χ0n) is 11.3. The molecule has 1 aromatic rings. The van der Waals surface area contributed by atoms with Crippen molar-refractivity contribution in [2.45, 2.75) is 25.9 Å². The highest BCUT2D eigenvalue weighted by Gasteiger charge is 2.18. The van der Waals surface area contributed by atoms with Gasteiger partial charge in [0.2, 0.25) is 0 Å². The second kappa shape index (κ2) is 6.74. The lowest BCUT2D eigenvalue weighted by atomic mass is 10.1. The van der Waals surface area contributed by atoms with E-state index in [1.165, 1.54) is 12.1 Å². The average molecular weight is 264 g/mol. The average Bonchev–Trinajstić information content (AvgIpc) is 2.37. The molecule has 0 bridgehead atoms. The van der Waals surface area contributed by atoms with Crippen LogP contribution in [-0.4, -0.2) is 26.2 Å². The molecule has 0 spiro atoms. The zero-order valence-corrected chi connectivity index (χ0v) is 11.3. The highest BCUT2D eigenvalue weighted by atomic mass is 19.1. The van der Waals surface area contributed by atoms with Gasteiger partial charge in [-0.15, -0.1) is 0 Å². The topological polar surface area (TPSA) is 53.3 Å². The molecule has 1 atom stereocenters. The number of hydrogen-bond donors (Lipinski definition) is 0. The molecular formula is C14H17FN2O2. The van der Waals surface area contributed by atoms with Crippen molar-refractivity contribution in [2.24, 2.45) is 0 Å². The highest BCUT2D eigenvalue weighted by Crippen LogP contribution is 2.18. The van der Waals surface area contributed by atoms with Crippen molar-refractivity contribution in [3.63, 3.8) is 0 Å². The van der Waals surface area contributed by atoms with Gasteiger partial charge in [-0.3, -0.25) is 0 Å². The minimum absolute atomic E-state index is 0.109. The second-order valence-corrected chi connectivity index (χ2v) is 4.36. The quantitative estimate of drug-likeness (QED) is 0.767. The lowest BCUT2D eigenvalue weighted by molar-refractivity contribution is 0.0298. The third kappa shape index (κ3) is 3.95. The predicted molar refractivity (Wildman–Crippen MR) is 70.5 cm³/mol. The summed E-state index contributed by atoms with van der Waals surface area (Å²) in [5, 5.41) is 8.58. The van der Waals surface area contributed by atoms with Crippen LogP contribution in [-0.2, 0) is 4.74 Å². The molecule has 1 rings (SSSR count). The van der Waals surface area contributed by atoms with Gasteiger partial charge in [-0.1, -0.05) is 6.92 Å². The molecule has 0 aromatic heterocycles. The van der Waals surface area contributed by atoms with E-state index in [0.29, 0.717) is 12.1 Å². The molecule has 1 unspecified atom stereocenters. The SMILES string of the molecule is CCC(CC#N)OC(=O)c1ccc(N(C)C)cc1F. The van der Waals surface area contributed by atoms with Gasteiger partial charge >= 0.3 is 5.97 Å². The fraction of sp³-hybridized carbons (Fsp3) is 0.429. The molecule has 1 aromatic carbocycles. The first-order valence-electron chi connectivity index (χ1n) is 6.04. The number of halogens is 1. The van der Waals surface area contributed by atoms with E-state index in [4.69, 9.17) is 10.00 Å². The Hall–Kier alpha value is -2.09. The van der Waals surface area contributed by atoms with Gasteiger partial charge < -0.3 is 9.64 Å². The van der Waals surface area contributed by atoms with Crippen LogP contribution in [0.15, 0.2) is 18.2 Å². The van der Waals surface area contributed by atoms with Crippen LogP contribution < -0.4 is 4.90 Å². The number of carbonyl (C=O) groups excluding carboxylic acids is 1. The molecular weight excluding hydrogens is 247 g/mol. The van der Waals surface area contributed by atoms with Crippen LogP contribution in [0.5, 0.6) is 0 Å². The number of nitrogens with zero attached hydrogens (tertiary/aromatic N) is 2. The summed E-state index contributed by atoms with van der Waals surface area (Å²) in [4.78, 5) is 13.5. The summed E-state index contributed by atoms with van der Waals surface area (Å²) in [7, 11) is 3.57. The van der Waals surface area contributed by atoms with E-state index in [1.54, 1.807) is 32.0 Å². The van der Waals surface area contributed by atoms with Crippen LogP contribution in [0.1, 0.15) is 30.1 Å². The van der Waals surface area contributed by atoms with Gasteiger partial charge in [-0.25, -0.2) is 9.18 Å². The van der Waals surface area contributed by atoms with Gasteiger partial charge in [0.15, 0.2) is 0 Å². The number of nitriles is 1. The van der Waals surface area contributed by atoms with Crippen LogP contribution in [0, 0.1) is 17.1 Å². The van der Waals surface area contributed by atoms with Crippen molar-refractivity contribution >= 4 is 11.7 Å². The third-order valence-corrected chi connectivity index (χ3v) is 2.74. The second-order valence-electron chi connectivity index (χ2n) is 4.36. The monoisotopic (exact) mass is 264 g/mol. The third-order valence-electron chi connectivity index (χ3n) is 2.74. The molecule has 0 aliphatic carbocycles. The molecule has 4 nitrogen and oxygen atoms in total. The fourth-order valence-electron chi connectivity index (χ4n) is 1.53. The number of rotatable bonds is 5. The summed E-state index contributed by atoms with van der Waals surface area (Å²) >= 11 is 0. The Kier molecular flexibility index (Phi) is 5.31. The zero-order chi connectivity index (χ0) is 14.4. The van der Waals surface area contributed by atoms with Crippen LogP contribution in [0.2, 0.25) is 0 Å². The summed E-state index contributed by atoms with van der Waals surface area (Å²) < 4.78 is 18.9. The van der Waals surface area contributed by atoms with Crippen LogP contribution in [0.3, 0.4) is 0 Å². The molecule has 0 heterocycles. The largest absolute Gasteiger partial charge is 0.458 e. The first-order chi connectivity index (χ1) is 8.99. The maximum atomic E-state index is 13.8. The van der Waals surface area contributed by atoms with Crippen LogP contribution in [0.25, 0.3) is 0 Å². The molecule has 0 amide bonds. The van der Waals surface area contributed by atoms with Gasteiger partial charge in [-0.2, -0.15) is 5.26 Å². The van der Waals surface area contributed by atoms with Crippen molar-refractivity contribution < 1.29 is 13.9 Å². The molecule has 0 fully saturated rings. The summed E-state index contributed by atoms with van der Waals surface area (Å²) in [5.74, 6) is -1.35. The lowest BCUT2D eigenvalue weighted by Gasteiger charge is -2.15. The molecule has 0 N–H and O–H groups in total. The van der Waals surface area contributed by atoms with Crippen molar-refractivity contribution in [2.75, 3.05) is 19.0 Å². The van der Waals surface area contributed by atoms with Crippen LogP contribution >= 0.6 is 0 Å². The van der Waals surface area contributed by atoms with Crippen LogP contribution in [0.4, 0.5) is 10.1 Å². The van der Waals surface area contributed by atoms with E-state index in [1.807, 2.05) is 6.07 Å². The van der Waals surface area contributed by atoms with Crippen molar-refractivity contribution in [1.29, 1.82) is 5.26 Å². The van der Waals surface area contributed by atoms with Gasteiger partial charge in [0.1, 0.15) is 11.9 Å². The predicted octanol–water partition coefficient (Wildman–Crippen LogP) is 2.74. The van der Waals surface area contributed by atoms with Crippen molar-refractivity contribution in [1.82, 2.24) is 0 Å². The van der Waals surface area contributed by atoms with E-state index in [9.17, 15) is 9.18 Å². The minimum atomic E-state index is -0.732. The summed E-state index contributed by atoms with van der Waals surface area (Å²) in [6.45, 7) is 1.81. The van der Waals surface area contributed by atoms with Gasteiger partial charge in [-0.05, 0) is 24.6 Å².